The van der Waals surface area contributed by atoms with Crippen molar-refractivity contribution in [3.05, 3.63) is 63.5 Å². The highest BCUT2D eigenvalue weighted by molar-refractivity contribution is 6.26. The smallest absolute Gasteiger partial charge is 0.287 e. The van der Waals surface area contributed by atoms with Gasteiger partial charge in [-0.05, 0) is 57.4 Å². The Morgan fingerprint density at radius 2 is 1.87 bits per heavy atom. The molecule has 0 amide bonds. The van der Waals surface area contributed by atoms with E-state index in [0.29, 0.717) is 17.7 Å². The molecule has 8 heteroatoms. The third kappa shape index (κ3) is 3.91. The van der Waals surface area contributed by atoms with Crippen molar-refractivity contribution in [2.24, 2.45) is 0 Å². The monoisotopic (exact) mass is 412 g/mol. The SMILES string of the molecule is CCc1ccc(Oc2ccc([N+](=O)[O-])cn2)cc1C1=C(O)C(C)(C)OC(C)(C)C1=O. The first-order valence-corrected chi connectivity index (χ1v) is 9.56. The van der Waals surface area contributed by atoms with Gasteiger partial charge in [-0.15, -0.1) is 0 Å². The minimum atomic E-state index is -1.10. The zero-order valence-corrected chi connectivity index (χ0v) is 17.6. The lowest BCUT2D eigenvalue weighted by Gasteiger charge is -2.40. The Morgan fingerprint density at radius 3 is 2.43 bits per heavy atom. The first kappa shape index (κ1) is 21.4. The van der Waals surface area contributed by atoms with Gasteiger partial charge in [0.15, 0.2) is 5.78 Å². The first-order chi connectivity index (χ1) is 14.0. The van der Waals surface area contributed by atoms with Crippen LogP contribution in [0.1, 0.15) is 45.7 Å². The van der Waals surface area contributed by atoms with Gasteiger partial charge < -0.3 is 14.6 Å². The fourth-order valence-corrected chi connectivity index (χ4v) is 3.51. The van der Waals surface area contributed by atoms with Gasteiger partial charge in [-0.25, -0.2) is 4.98 Å². The molecule has 3 rings (SSSR count). The quantitative estimate of drug-likeness (QED) is 0.556. The second-order valence-electron chi connectivity index (χ2n) is 8.06. The number of nitro groups is 1. The third-order valence-electron chi connectivity index (χ3n) is 4.98. The highest BCUT2D eigenvalue weighted by atomic mass is 16.6. The Balaban J connectivity index is 2.06. The number of hydrogen-bond donors (Lipinski definition) is 1. The molecule has 1 aromatic heterocycles. The number of aryl methyl sites for hydroxylation is 1. The molecule has 30 heavy (non-hydrogen) atoms. The van der Waals surface area contributed by atoms with Crippen LogP contribution in [-0.2, 0) is 16.0 Å². The second-order valence-corrected chi connectivity index (χ2v) is 8.06. The first-order valence-electron chi connectivity index (χ1n) is 9.56. The lowest BCUT2D eigenvalue weighted by atomic mass is 9.81. The molecule has 0 saturated heterocycles. The summed E-state index contributed by atoms with van der Waals surface area (Å²) in [6.45, 7) is 8.73. The van der Waals surface area contributed by atoms with Crippen LogP contribution in [0.4, 0.5) is 5.69 Å². The molecular formula is C22H24N2O6. The van der Waals surface area contributed by atoms with Crippen molar-refractivity contribution in [1.29, 1.82) is 0 Å². The minimum Gasteiger partial charge on any atom is -0.508 e. The van der Waals surface area contributed by atoms with E-state index in [1.54, 1.807) is 39.8 Å². The fourth-order valence-electron chi connectivity index (χ4n) is 3.51. The number of carbonyl (C=O) groups excluding carboxylic acids is 1. The summed E-state index contributed by atoms with van der Waals surface area (Å²) in [6.07, 6.45) is 1.75. The number of nitrogens with zero attached hydrogens (tertiary/aromatic N) is 2. The van der Waals surface area contributed by atoms with Crippen molar-refractivity contribution in [3.8, 4) is 11.6 Å². The molecule has 1 aliphatic heterocycles. The predicted molar refractivity (Wildman–Crippen MR) is 111 cm³/mol. The molecule has 2 aromatic rings. The molecule has 0 spiro atoms. The molecule has 1 N–H and O–H groups in total. The number of aliphatic hydroxyl groups is 1. The Bertz CT molecular complexity index is 1040. The van der Waals surface area contributed by atoms with E-state index in [-0.39, 0.29) is 28.7 Å². The van der Waals surface area contributed by atoms with E-state index >= 15 is 0 Å². The van der Waals surface area contributed by atoms with Gasteiger partial charge in [0.2, 0.25) is 5.88 Å². The number of ether oxygens (including phenoxy) is 2. The molecule has 0 fully saturated rings. The van der Waals surface area contributed by atoms with E-state index in [4.69, 9.17) is 9.47 Å². The Morgan fingerprint density at radius 1 is 1.17 bits per heavy atom. The van der Waals surface area contributed by atoms with E-state index in [9.17, 15) is 20.0 Å². The predicted octanol–water partition coefficient (Wildman–Crippen LogP) is 4.77. The van der Waals surface area contributed by atoms with Crippen LogP contribution in [0.2, 0.25) is 0 Å². The summed E-state index contributed by atoms with van der Waals surface area (Å²) in [4.78, 5) is 27.3. The maximum Gasteiger partial charge on any atom is 0.287 e. The number of aliphatic hydroxyl groups excluding tert-OH is 1. The number of benzene rings is 1. The third-order valence-corrected chi connectivity index (χ3v) is 4.98. The number of hydrogen-bond acceptors (Lipinski definition) is 7. The molecule has 0 aliphatic carbocycles. The van der Waals surface area contributed by atoms with Crippen molar-refractivity contribution in [2.75, 3.05) is 0 Å². The van der Waals surface area contributed by atoms with Crippen molar-refractivity contribution in [1.82, 2.24) is 4.98 Å². The van der Waals surface area contributed by atoms with Gasteiger partial charge in [0, 0.05) is 12.1 Å². The largest absolute Gasteiger partial charge is 0.508 e. The molecule has 1 aromatic carbocycles. The second kappa shape index (κ2) is 7.53. The number of Topliss-reactive ketones (excluding diaryl/α,β-unsaturated/α-hetero) is 1. The minimum absolute atomic E-state index is 0.132. The highest BCUT2D eigenvalue weighted by Gasteiger charge is 2.47. The molecule has 158 valence electrons. The Hall–Kier alpha value is -3.26. The molecule has 0 atom stereocenters. The summed E-state index contributed by atoms with van der Waals surface area (Å²) in [5, 5.41) is 21.6. The van der Waals surface area contributed by atoms with Crippen LogP contribution >= 0.6 is 0 Å². The fraction of sp³-hybridized carbons (Fsp3) is 0.364. The lowest BCUT2D eigenvalue weighted by Crippen LogP contribution is -2.49. The van der Waals surface area contributed by atoms with Gasteiger partial charge in [-0.3, -0.25) is 14.9 Å². The molecule has 2 heterocycles. The maximum absolute atomic E-state index is 13.1. The van der Waals surface area contributed by atoms with Gasteiger partial charge in [0.05, 0.1) is 10.5 Å². The van der Waals surface area contributed by atoms with Crippen LogP contribution in [0.15, 0.2) is 42.3 Å². The van der Waals surface area contributed by atoms with Gasteiger partial charge >= 0.3 is 0 Å². The van der Waals surface area contributed by atoms with E-state index < -0.39 is 16.1 Å². The van der Waals surface area contributed by atoms with Crippen LogP contribution in [-0.4, -0.2) is 32.0 Å². The Kier molecular flexibility index (Phi) is 5.38. The van der Waals surface area contributed by atoms with E-state index in [2.05, 4.69) is 4.98 Å². The molecule has 0 saturated carbocycles. The van der Waals surface area contributed by atoms with E-state index in [0.717, 1.165) is 11.8 Å². The average molecular weight is 412 g/mol. The normalized spacial score (nSPS) is 17.7. The number of ketones is 1. The van der Waals surface area contributed by atoms with Gasteiger partial charge in [0.1, 0.15) is 28.9 Å². The summed E-state index contributed by atoms with van der Waals surface area (Å²) in [6, 6.07) is 7.91. The van der Waals surface area contributed by atoms with Crippen LogP contribution in [0, 0.1) is 10.1 Å². The van der Waals surface area contributed by atoms with Crippen LogP contribution in [0.3, 0.4) is 0 Å². The molecule has 0 bridgehead atoms. The van der Waals surface area contributed by atoms with Crippen molar-refractivity contribution >= 4 is 17.0 Å². The zero-order chi connectivity index (χ0) is 22.3. The number of rotatable bonds is 5. The van der Waals surface area contributed by atoms with Crippen molar-refractivity contribution in [3.63, 3.8) is 0 Å². The zero-order valence-electron chi connectivity index (χ0n) is 17.6. The van der Waals surface area contributed by atoms with Crippen LogP contribution < -0.4 is 4.74 Å². The van der Waals surface area contributed by atoms with Crippen LogP contribution in [0.5, 0.6) is 11.6 Å². The summed E-state index contributed by atoms with van der Waals surface area (Å²) in [7, 11) is 0. The highest BCUT2D eigenvalue weighted by Crippen LogP contribution is 2.41. The summed E-state index contributed by atoms with van der Waals surface area (Å²) >= 11 is 0. The maximum atomic E-state index is 13.1. The standard InChI is InChI=1S/C22H24N2O6/c1-6-13-7-9-15(29-17-10-8-14(12-23-17)24(27)28)11-16(13)18-19(25)21(2,3)30-22(4,5)20(18)26/h7-12,25H,6H2,1-5H3. The molecule has 0 radical (unpaired) electrons. The van der Waals surface area contributed by atoms with E-state index in [1.165, 1.54) is 12.1 Å². The van der Waals surface area contributed by atoms with E-state index in [1.807, 2.05) is 13.0 Å². The van der Waals surface area contributed by atoms with Gasteiger partial charge in [-0.1, -0.05) is 13.0 Å². The van der Waals surface area contributed by atoms with Crippen molar-refractivity contribution < 1.29 is 24.3 Å². The Labute approximate surface area is 174 Å². The summed E-state index contributed by atoms with van der Waals surface area (Å²) < 4.78 is 11.6. The summed E-state index contributed by atoms with van der Waals surface area (Å²) in [5.41, 5.74) is -0.653. The number of aromatic nitrogens is 1. The number of carbonyl (C=O) groups is 1. The molecule has 0 unspecified atom stereocenters. The van der Waals surface area contributed by atoms with Gasteiger partial charge in [0.25, 0.3) is 5.69 Å². The number of pyridine rings is 1. The summed E-state index contributed by atoms with van der Waals surface area (Å²) in [5.74, 6) is 0.110. The molecule has 1 aliphatic rings. The average Bonchev–Trinajstić information content (AvgIpc) is 2.67. The topological polar surface area (TPSA) is 112 Å². The molecule has 8 nitrogen and oxygen atoms in total. The molecular weight excluding hydrogens is 388 g/mol. The van der Waals surface area contributed by atoms with Crippen molar-refractivity contribution in [2.45, 2.75) is 52.2 Å². The van der Waals surface area contributed by atoms with Gasteiger partial charge in [-0.2, -0.15) is 0 Å². The lowest BCUT2D eigenvalue weighted by molar-refractivity contribution is -0.385. The van der Waals surface area contributed by atoms with Crippen LogP contribution in [0.25, 0.3) is 5.57 Å².